The lowest BCUT2D eigenvalue weighted by atomic mass is 9.73. The summed E-state index contributed by atoms with van der Waals surface area (Å²) in [6.07, 6.45) is 5.75. The van der Waals surface area contributed by atoms with E-state index in [1.165, 1.54) is 32.8 Å². The van der Waals surface area contributed by atoms with Crippen molar-refractivity contribution >= 4 is 66.3 Å². The van der Waals surface area contributed by atoms with Gasteiger partial charge in [-0.1, -0.05) is 92.7 Å². The second kappa shape index (κ2) is 11.0. The quantitative estimate of drug-likeness (QED) is 0.173. The lowest BCUT2D eigenvalue weighted by Crippen LogP contribution is -2.31. The predicted octanol–water partition coefficient (Wildman–Crippen LogP) is 12.0. The highest BCUT2D eigenvalue weighted by Gasteiger charge is 2.40. The minimum Gasteiger partial charge on any atom is -0.457 e. The zero-order valence-corrected chi connectivity index (χ0v) is 29.2. The Labute approximate surface area is 305 Å². The fourth-order valence-electron chi connectivity index (χ4n) is 8.65. The molecule has 0 spiro atoms. The maximum atomic E-state index is 6.77. The Morgan fingerprint density at radius 1 is 0.547 bits per heavy atom. The molecule has 6 nitrogen and oxygen atoms in total. The SMILES string of the molecule is CC1(C)c2ccc(Oc3ccc4c5ccccc5n5ccnc5c4c3)cc2N(c2ccccn2)c2c1ccc1c3ccccc3n(-c3ccccc3)c21. The molecule has 0 amide bonds. The largest absolute Gasteiger partial charge is 0.457 e. The summed E-state index contributed by atoms with van der Waals surface area (Å²) in [6.45, 7) is 4.65. The Hall–Kier alpha value is -6.92. The van der Waals surface area contributed by atoms with Crippen molar-refractivity contribution in [1.82, 2.24) is 18.9 Å². The van der Waals surface area contributed by atoms with Gasteiger partial charge in [-0.3, -0.25) is 9.30 Å². The average molecular weight is 684 g/mol. The van der Waals surface area contributed by atoms with E-state index in [2.05, 4.69) is 167 Å². The number of para-hydroxylation sites is 3. The highest BCUT2D eigenvalue weighted by molar-refractivity contribution is 6.16. The molecule has 5 heterocycles. The van der Waals surface area contributed by atoms with Crippen LogP contribution in [-0.2, 0) is 5.41 Å². The van der Waals surface area contributed by atoms with Crippen LogP contribution in [0.2, 0.25) is 0 Å². The third-order valence-corrected chi connectivity index (χ3v) is 11.0. The number of anilines is 3. The molecule has 0 saturated carbocycles. The van der Waals surface area contributed by atoms with Gasteiger partial charge in [0.05, 0.1) is 27.9 Å². The summed E-state index contributed by atoms with van der Waals surface area (Å²) < 4.78 is 11.3. The van der Waals surface area contributed by atoms with Gasteiger partial charge in [-0.25, -0.2) is 9.97 Å². The lowest BCUT2D eigenvalue weighted by molar-refractivity contribution is 0.482. The first-order valence-electron chi connectivity index (χ1n) is 18.0. The third-order valence-electron chi connectivity index (χ3n) is 11.0. The van der Waals surface area contributed by atoms with Crippen LogP contribution < -0.4 is 9.64 Å². The Morgan fingerprint density at radius 3 is 2.08 bits per heavy atom. The van der Waals surface area contributed by atoms with Crippen molar-refractivity contribution in [3.8, 4) is 17.2 Å². The summed E-state index contributed by atoms with van der Waals surface area (Å²) in [7, 11) is 0. The molecule has 6 heteroatoms. The molecule has 0 aliphatic carbocycles. The van der Waals surface area contributed by atoms with Crippen molar-refractivity contribution in [2.45, 2.75) is 19.3 Å². The van der Waals surface area contributed by atoms with Crippen molar-refractivity contribution in [2.75, 3.05) is 4.90 Å². The van der Waals surface area contributed by atoms with Gasteiger partial charge in [0.1, 0.15) is 23.0 Å². The first-order valence-corrected chi connectivity index (χ1v) is 18.0. The molecule has 6 aromatic carbocycles. The summed E-state index contributed by atoms with van der Waals surface area (Å²) >= 11 is 0. The maximum Gasteiger partial charge on any atom is 0.145 e. The van der Waals surface area contributed by atoms with Crippen LogP contribution in [-0.4, -0.2) is 18.9 Å². The van der Waals surface area contributed by atoms with E-state index in [1.807, 2.05) is 24.7 Å². The molecule has 53 heavy (non-hydrogen) atoms. The van der Waals surface area contributed by atoms with Gasteiger partial charge in [0.25, 0.3) is 0 Å². The number of benzene rings is 6. The van der Waals surface area contributed by atoms with E-state index >= 15 is 0 Å². The van der Waals surface area contributed by atoms with Crippen LogP contribution in [0.3, 0.4) is 0 Å². The van der Waals surface area contributed by atoms with E-state index in [1.54, 1.807) is 0 Å². The van der Waals surface area contributed by atoms with Crippen molar-refractivity contribution in [3.63, 3.8) is 0 Å². The molecule has 10 aromatic rings. The second-order valence-electron chi connectivity index (χ2n) is 14.3. The van der Waals surface area contributed by atoms with Crippen molar-refractivity contribution in [2.24, 2.45) is 0 Å². The van der Waals surface area contributed by atoms with E-state index in [0.29, 0.717) is 0 Å². The van der Waals surface area contributed by atoms with Gasteiger partial charge in [0.15, 0.2) is 0 Å². The van der Waals surface area contributed by atoms with Crippen LogP contribution in [0.25, 0.3) is 54.8 Å². The summed E-state index contributed by atoms with van der Waals surface area (Å²) in [5.74, 6) is 2.35. The number of fused-ring (bicyclic) bond motifs is 12. The Balaban J connectivity index is 1.14. The Morgan fingerprint density at radius 2 is 1.25 bits per heavy atom. The number of pyridine rings is 2. The normalized spacial score (nSPS) is 13.6. The molecule has 0 N–H and O–H groups in total. The molecule has 0 unspecified atom stereocenters. The Bertz CT molecular complexity index is 3070. The molecular formula is C47H33N5O. The lowest BCUT2D eigenvalue weighted by Gasteiger charge is -2.42. The van der Waals surface area contributed by atoms with Gasteiger partial charge < -0.3 is 9.30 Å². The predicted molar refractivity (Wildman–Crippen MR) is 216 cm³/mol. The minimum atomic E-state index is -0.322. The standard InChI is InChI=1S/C47H33N5O/c1-47(2)38-23-20-32(53-31-19-21-33-34-14-6-8-16-40(34)50-27-26-49-46(50)37(33)28-31)29-42(38)52(43-18-10-11-25-48-43)45-39(47)24-22-36-35-15-7-9-17-41(35)51(44(36)45)30-12-4-3-5-13-30/h3-29H,1-2H3. The van der Waals surface area contributed by atoms with Crippen molar-refractivity contribution in [1.29, 1.82) is 0 Å². The zero-order chi connectivity index (χ0) is 35.3. The van der Waals surface area contributed by atoms with E-state index in [9.17, 15) is 0 Å². The monoisotopic (exact) mass is 683 g/mol. The second-order valence-corrected chi connectivity index (χ2v) is 14.3. The van der Waals surface area contributed by atoms with E-state index in [0.717, 1.165) is 61.8 Å². The highest BCUT2D eigenvalue weighted by Crippen LogP contribution is 2.56. The number of imidazole rings is 1. The number of hydrogen-bond acceptors (Lipinski definition) is 4. The topological polar surface area (TPSA) is 47.6 Å². The first-order chi connectivity index (χ1) is 26.1. The van der Waals surface area contributed by atoms with Crippen LogP contribution in [0, 0.1) is 0 Å². The maximum absolute atomic E-state index is 6.77. The minimum absolute atomic E-state index is 0.322. The number of hydrogen-bond donors (Lipinski definition) is 0. The van der Waals surface area contributed by atoms with Crippen molar-refractivity contribution < 1.29 is 4.74 Å². The van der Waals surface area contributed by atoms with Crippen LogP contribution in [0.4, 0.5) is 17.2 Å². The molecular weight excluding hydrogens is 651 g/mol. The fourth-order valence-corrected chi connectivity index (χ4v) is 8.65. The Kier molecular flexibility index (Phi) is 6.20. The van der Waals surface area contributed by atoms with Crippen LogP contribution >= 0.6 is 0 Å². The summed E-state index contributed by atoms with van der Waals surface area (Å²) in [5, 5.41) is 5.79. The summed E-state index contributed by atoms with van der Waals surface area (Å²) in [4.78, 5) is 12.1. The van der Waals surface area contributed by atoms with Gasteiger partial charge in [-0.15, -0.1) is 0 Å². The zero-order valence-electron chi connectivity index (χ0n) is 29.2. The van der Waals surface area contributed by atoms with Crippen molar-refractivity contribution in [3.05, 3.63) is 175 Å². The van der Waals surface area contributed by atoms with Crippen LogP contribution in [0.15, 0.2) is 164 Å². The van der Waals surface area contributed by atoms with Crippen LogP contribution in [0.5, 0.6) is 11.5 Å². The summed E-state index contributed by atoms with van der Waals surface area (Å²) in [5.41, 5.74) is 9.75. The van der Waals surface area contributed by atoms with Gasteiger partial charge in [-0.05, 0) is 77.2 Å². The van der Waals surface area contributed by atoms with E-state index < -0.39 is 0 Å². The molecule has 252 valence electrons. The molecule has 0 fully saturated rings. The first kappa shape index (κ1) is 29.8. The molecule has 0 atom stereocenters. The number of aromatic nitrogens is 4. The molecule has 0 radical (unpaired) electrons. The van der Waals surface area contributed by atoms with Gasteiger partial charge in [0, 0.05) is 57.3 Å². The average Bonchev–Trinajstić information content (AvgIpc) is 3.83. The van der Waals surface area contributed by atoms with Gasteiger partial charge >= 0.3 is 0 Å². The summed E-state index contributed by atoms with van der Waals surface area (Å²) in [6, 6.07) is 51.4. The number of ether oxygens (including phenoxy) is 1. The highest BCUT2D eigenvalue weighted by atomic mass is 16.5. The number of rotatable bonds is 4. The molecule has 0 saturated heterocycles. The van der Waals surface area contributed by atoms with Gasteiger partial charge in [0.2, 0.25) is 0 Å². The third kappa shape index (κ3) is 4.26. The van der Waals surface area contributed by atoms with Crippen LogP contribution in [0.1, 0.15) is 25.0 Å². The molecule has 1 aliphatic rings. The molecule has 4 aromatic heterocycles. The molecule has 0 bridgehead atoms. The smallest absolute Gasteiger partial charge is 0.145 e. The van der Waals surface area contributed by atoms with Gasteiger partial charge in [-0.2, -0.15) is 0 Å². The molecule has 1 aliphatic heterocycles. The number of nitrogens with zero attached hydrogens (tertiary/aromatic N) is 5. The van der Waals surface area contributed by atoms with E-state index in [4.69, 9.17) is 14.7 Å². The fraction of sp³-hybridized carbons (Fsp3) is 0.0638. The molecule has 11 rings (SSSR count). The van der Waals surface area contributed by atoms with E-state index in [-0.39, 0.29) is 5.41 Å².